The number of ether oxygens (including phenoxy) is 1. The zero-order valence-corrected chi connectivity index (χ0v) is 14.4. The van der Waals surface area contributed by atoms with Crippen LogP contribution in [0.5, 0.6) is 0 Å². The van der Waals surface area contributed by atoms with Crippen molar-refractivity contribution < 1.29 is 9.15 Å². The van der Waals surface area contributed by atoms with Crippen molar-refractivity contribution in [3.63, 3.8) is 0 Å². The van der Waals surface area contributed by atoms with Gasteiger partial charge in [-0.2, -0.15) is 4.98 Å². The first-order valence-electron chi connectivity index (χ1n) is 7.99. The standard InChI is InChI=1S/C16H23ClN4O2/c1-20(8-9-22-2)16-18-13-10-14(21-6-4-3-5-7-21)12(19-17)11-15(13)23-16/h10-11,19H,3-9H2,1-2H3. The van der Waals surface area contributed by atoms with Crippen LogP contribution in [0.2, 0.25) is 0 Å². The van der Waals surface area contributed by atoms with Crippen molar-refractivity contribution in [1.29, 1.82) is 0 Å². The van der Waals surface area contributed by atoms with Crippen LogP contribution in [0, 0.1) is 0 Å². The number of methoxy groups -OCH3 is 1. The Balaban J connectivity index is 1.92. The van der Waals surface area contributed by atoms with Crippen molar-refractivity contribution in [1.82, 2.24) is 4.98 Å². The highest BCUT2D eigenvalue weighted by Gasteiger charge is 2.18. The van der Waals surface area contributed by atoms with Gasteiger partial charge in [0.05, 0.1) is 18.0 Å². The first kappa shape index (κ1) is 16.2. The summed E-state index contributed by atoms with van der Waals surface area (Å²) in [7, 11) is 3.62. The number of hydrogen-bond acceptors (Lipinski definition) is 6. The van der Waals surface area contributed by atoms with E-state index in [0.717, 1.165) is 42.1 Å². The fourth-order valence-corrected chi connectivity index (χ4v) is 3.06. The molecular weight excluding hydrogens is 316 g/mol. The number of hydrogen-bond donors (Lipinski definition) is 1. The summed E-state index contributed by atoms with van der Waals surface area (Å²) in [6, 6.07) is 4.57. The van der Waals surface area contributed by atoms with Crippen LogP contribution >= 0.6 is 11.8 Å². The number of likely N-dealkylation sites (N-methyl/N-ethyl adjacent to an activating group) is 1. The van der Waals surface area contributed by atoms with Gasteiger partial charge in [-0.3, -0.25) is 4.84 Å². The van der Waals surface area contributed by atoms with Crippen molar-refractivity contribution in [3.8, 4) is 0 Å². The molecule has 6 nitrogen and oxygen atoms in total. The van der Waals surface area contributed by atoms with Gasteiger partial charge in [0.25, 0.3) is 6.01 Å². The molecule has 1 aromatic heterocycles. The number of aromatic nitrogens is 1. The molecule has 1 saturated heterocycles. The van der Waals surface area contributed by atoms with Crippen LogP contribution in [-0.4, -0.2) is 45.4 Å². The van der Waals surface area contributed by atoms with Crippen LogP contribution in [0.15, 0.2) is 16.5 Å². The van der Waals surface area contributed by atoms with E-state index in [0.29, 0.717) is 12.6 Å². The summed E-state index contributed by atoms with van der Waals surface area (Å²) in [5.74, 6) is 0. The Morgan fingerprint density at radius 1 is 1.35 bits per heavy atom. The number of oxazole rings is 1. The molecule has 126 valence electrons. The second-order valence-electron chi connectivity index (χ2n) is 5.89. The lowest BCUT2D eigenvalue weighted by molar-refractivity contribution is 0.205. The Hall–Kier alpha value is -1.66. The van der Waals surface area contributed by atoms with Crippen LogP contribution in [-0.2, 0) is 4.74 Å². The lowest BCUT2D eigenvalue weighted by Gasteiger charge is -2.30. The Labute approximate surface area is 141 Å². The van der Waals surface area contributed by atoms with Gasteiger partial charge < -0.3 is 19.0 Å². The third kappa shape index (κ3) is 3.48. The smallest absolute Gasteiger partial charge is 0.298 e. The van der Waals surface area contributed by atoms with E-state index >= 15 is 0 Å². The number of nitrogens with one attached hydrogen (secondary N) is 1. The van der Waals surface area contributed by atoms with Gasteiger partial charge in [-0.1, -0.05) is 0 Å². The topological polar surface area (TPSA) is 53.8 Å². The summed E-state index contributed by atoms with van der Waals surface area (Å²) >= 11 is 5.92. The molecule has 23 heavy (non-hydrogen) atoms. The minimum absolute atomic E-state index is 0.591. The van der Waals surface area contributed by atoms with Gasteiger partial charge in [0.1, 0.15) is 5.52 Å². The Kier molecular flexibility index (Phi) is 5.13. The molecule has 0 radical (unpaired) electrons. The molecule has 1 aliphatic heterocycles. The summed E-state index contributed by atoms with van der Waals surface area (Å²) in [5.41, 5.74) is 3.53. The van der Waals surface area contributed by atoms with Crippen molar-refractivity contribution in [2.75, 3.05) is 55.0 Å². The van der Waals surface area contributed by atoms with E-state index in [1.807, 2.05) is 18.0 Å². The lowest BCUT2D eigenvalue weighted by atomic mass is 10.1. The fraction of sp³-hybridized carbons (Fsp3) is 0.562. The lowest BCUT2D eigenvalue weighted by Crippen LogP contribution is -2.29. The molecule has 1 aliphatic rings. The molecule has 0 spiro atoms. The van der Waals surface area contributed by atoms with Gasteiger partial charge in [0.2, 0.25) is 0 Å². The number of piperidine rings is 1. The predicted octanol–water partition coefficient (Wildman–Crippen LogP) is 3.47. The number of halogens is 1. The Bertz CT molecular complexity index is 655. The van der Waals surface area contributed by atoms with Crippen molar-refractivity contribution in [2.45, 2.75) is 19.3 Å². The van der Waals surface area contributed by atoms with E-state index in [4.69, 9.17) is 20.9 Å². The van der Waals surface area contributed by atoms with Crippen LogP contribution < -0.4 is 14.6 Å². The first-order chi connectivity index (χ1) is 11.2. The molecule has 2 heterocycles. The third-order valence-corrected chi connectivity index (χ3v) is 4.45. The van der Waals surface area contributed by atoms with Gasteiger partial charge >= 0.3 is 0 Å². The average Bonchev–Trinajstić information content (AvgIpc) is 3.02. The van der Waals surface area contributed by atoms with Gasteiger partial charge in [-0.25, -0.2) is 0 Å². The maximum absolute atomic E-state index is 5.92. The second kappa shape index (κ2) is 7.27. The monoisotopic (exact) mass is 338 g/mol. The molecule has 0 saturated carbocycles. The third-order valence-electron chi connectivity index (χ3n) is 4.25. The van der Waals surface area contributed by atoms with E-state index in [2.05, 4.69) is 20.8 Å². The van der Waals surface area contributed by atoms with Crippen LogP contribution in [0.4, 0.5) is 17.4 Å². The number of nitrogens with zero attached hydrogens (tertiary/aromatic N) is 3. The predicted molar refractivity (Wildman–Crippen MR) is 94.7 cm³/mol. The molecule has 1 fully saturated rings. The minimum Gasteiger partial charge on any atom is -0.423 e. The highest BCUT2D eigenvalue weighted by Crippen LogP contribution is 2.35. The van der Waals surface area contributed by atoms with E-state index in [1.54, 1.807) is 7.11 Å². The molecule has 0 bridgehead atoms. The molecule has 0 atom stereocenters. The van der Waals surface area contributed by atoms with Gasteiger partial charge in [0, 0.05) is 51.6 Å². The Morgan fingerprint density at radius 3 is 2.83 bits per heavy atom. The number of rotatable bonds is 6. The molecule has 0 amide bonds. The van der Waals surface area contributed by atoms with Gasteiger partial charge in [-0.05, 0) is 25.3 Å². The zero-order chi connectivity index (χ0) is 16.2. The number of anilines is 3. The summed E-state index contributed by atoms with van der Waals surface area (Å²) in [6.45, 7) is 3.46. The summed E-state index contributed by atoms with van der Waals surface area (Å²) in [5, 5.41) is 0. The summed E-state index contributed by atoms with van der Waals surface area (Å²) in [6.07, 6.45) is 3.72. The maximum Gasteiger partial charge on any atom is 0.298 e. The second-order valence-corrected chi connectivity index (χ2v) is 6.08. The van der Waals surface area contributed by atoms with Crippen molar-refractivity contribution in [3.05, 3.63) is 12.1 Å². The molecular formula is C16H23ClN4O2. The minimum atomic E-state index is 0.591. The zero-order valence-electron chi connectivity index (χ0n) is 13.6. The van der Waals surface area contributed by atoms with Crippen molar-refractivity contribution >= 4 is 40.3 Å². The van der Waals surface area contributed by atoms with E-state index < -0.39 is 0 Å². The van der Waals surface area contributed by atoms with E-state index in [1.165, 1.54) is 19.3 Å². The molecule has 7 heteroatoms. The van der Waals surface area contributed by atoms with Crippen LogP contribution in [0.25, 0.3) is 11.1 Å². The molecule has 1 aromatic carbocycles. The summed E-state index contributed by atoms with van der Waals surface area (Å²) < 4.78 is 11.0. The quantitative estimate of drug-likeness (QED) is 0.814. The fourth-order valence-electron chi connectivity index (χ4n) is 2.91. The van der Waals surface area contributed by atoms with Crippen LogP contribution in [0.1, 0.15) is 19.3 Å². The average molecular weight is 339 g/mol. The largest absolute Gasteiger partial charge is 0.423 e. The number of fused-ring (bicyclic) bond motifs is 1. The molecule has 1 N–H and O–H groups in total. The molecule has 2 aromatic rings. The highest BCUT2D eigenvalue weighted by atomic mass is 35.5. The van der Waals surface area contributed by atoms with Crippen molar-refractivity contribution in [2.24, 2.45) is 0 Å². The van der Waals surface area contributed by atoms with E-state index in [-0.39, 0.29) is 0 Å². The Morgan fingerprint density at radius 2 is 2.13 bits per heavy atom. The highest BCUT2D eigenvalue weighted by molar-refractivity contribution is 6.25. The molecule has 0 unspecified atom stereocenters. The van der Waals surface area contributed by atoms with E-state index in [9.17, 15) is 0 Å². The first-order valence-corrected chi connectivity index (χ1v) is 8.37. The maximum atomic E-state index is 5.92. The summed E-state index contributed by atoms with van der Waals surface area (Å²) in [4.78, 5) is 11.7. The van der Waals surface area contributed by atoms with Crippen LogP contribution in [0.3, 0.4) is 0 Å². The number of benzene rings is 1. The molecule has 3 rings (SSSR count). The normalized spacial score (nSPS) is 15.2. The van der Waals surface area contributed by atoms with Gasteiger partial charge in [-0.15, -0.1) is 0 Å². The molecule has 0 aliphatic carbocycles. The SMILES string of the molecule is COCCN(C)c1nc2cc(N3CCCCC3)c(NCl)cc2o1. The van der Waals surface area contributed by atoms with Gasteiger partial charge in [0.15, 0.2) is 5.58 Å².